The van der Waals surface area contributed by atoms with Gasteiger partial charge in [0.05, 0.1) is 6.04 Å². The molecule has 4 rings (SSSR count). The molecule has 0 radical (unpaired) electrons. The van der Waals surface area contributed by atoms with E-state index in [-0.39, 0.29) is 15.4 Å². The van der Waals surface area contributed by atoms with Gasteiger partial charge in [-0.3, -0.25) is 10.1 Å². The second kappa shape index (κ2) is 9.39. The number of aromatic nitrogens is 2. The van der Waals surface area contributed by atoms with Crippen molar-refractivity contribution in [2.24, 2.45) is 0 Å². The van der Waals surface area contributed by atoms with Crippen LogP contribution in [-0.2, 0) is 10.0 Å². The van der Waals surface area contributed by atoms with Crippen molar-refractivity contribution in [1.82, 2.24) is 14.9 Å². The van der Waals surface area contributed by atoms with E-state index in [1.807, 2.05) is 61.5 Å². The van der Waals surface area contributed by atoms with Gasteiger partial charge >= 0.3 is 0 Å². The van der Waals surface area contributed by atoms with Crippen LogP contribution in [0.3, 0.4) is 0 Å². The van der Waals surface area contributed by atoms with Gasteiger partial charge in [-0.2, -0.15) is 4.72 Å². The maximum atomic E-state index is 13.1. The second-order valence-electron chi connectivity index (χ2n) is 7.07. The topological polar surface area (TPSA) is 101 Å². The Kier molecular flexibility index (Phi) is 6.40. The lowest BCUT2D eigenvalue weighted by molar-refractivity contribution is 0.102. The average molecular weight is 465 g/mol. The van der Waals surface area contributed by atoms with Crippen LogP contribution in [0.25, 0.3) is 0 Å². The molecule has 0 aliphatic rings. The smallest absolute Gasteiger partial charge is 0.270 e. The van der Waals surface area contributed by atoms with Crippen molar-refractivity contribution in [3.63, 3.8) is 0 Å². The lowest BCUT2D eigenvalue weighted by atomic mass is 9.99. The molecule has 7 nitrogen and oxygen atoms in total. The molecule has 1 atom stereocenters. The minimum atomic E-state index is -4.00. The third-order valence-electron chi connectivity index (χ3n) is 4.71. The van der Waals surface area contributed by atoms with E-state index in [1.165, 1.54) is 0 Å². The highest BCUT2D eigenvalue weighted by molar-refractivity contribution is 7.91. The van der Waals surface area contributed by atoms with Gasteiger partial charge in [-0.25, -0.2) is 8.42 Å². The number of anilines is 1. The van der Waals surface area contributed by atoms with Gasteiger partial charge in [0, 0.05) is 5.56 Å². The van der Waals surface area contributed by atoms with Crippen LogP contribution in [0, 0.1) is 6.92 Å². The minimum absolute atomic E-state index is 0.103. The number of carbonyl (C=O) groups excluding carboxylic acids is 1. The number of hydrogen-bond acceptors (Lipinski definition) is 6. The van der Waals surface area contributed by atoms with E-state index in [1.54, 1.807) is 30.3 Å². The second-order valence-corrected chi connectivity index (χ2v) is 9.93. The van der Waals surface area contributed by atoms with Gasteiger partial charge in [-0.1, -0.05) is 89.7 Å². The summed E-state index contributed by atoms with van der Waals surface area (Å²) in [6, 6.07) is 24.9. The van der Waals surface area contributed by atoms with Crippen molar-refractivity contribution < 1.29 is 13.2 Å². The molecule has 2 N–H and O–H groups in total. The number of carbonyl (C=O) groups is 1. The standard InChI is InChI=1S/C23H20N4O3S2/c1-16-12-14-18(15-13-16)20(17-8-4-2-5-9-17)27-32(29,30)23-26-25-22(31-23)24-21(28)19-10-6-3-7-11-19/h2-15,20,27H,1H3,(H,24,25,28)/t20-/m1/s1. The van der Waals surface area contributed by atoms with Crippen LogP contribution >= 0.6 is 11.3 Å². The maximum absolute atomic E-state index is 13.1. The largest absolute Gasteiger partial charge is 0.296 e. The van der Waals surface area contributed by atoms with E-state index in [2.05, 4.69) is 20.2 Å². The Hall–Kier alpha value is -3.40. The van der Waals surface area contributed by atoms with Crippen LogP contribution < -0.4 is 10.0 Å². The van der Waals surface area contributed by atoms with E-state index in [9.17, 15) is 13.2 Å². The lowest BCUT2D eigenvalue weighted by Crippen LogP contribution is -2.29. The van der Waals surface area contributed by atoms with Gasteiger partial charge < -0.3 is 0 Å². The van der Waals surface area contributed by atoms with Crippen LogP contribution in [-0.4, -0.2) is 24.5 Å². The molecule has 32 heavy (non-hydrogen) atoms. The summed E-state index contributed by atoms with van der Waals surface area (Å²) < 4.78 is 28.7. The number of amides is 1. The summed E-state index contributed by atoms with van der Waals surface area (Å²) in [4.78, 5) is 12.3. The first-order valence-electron chi connectivity index (χ1n) is 9.76. The summed E-state index contributed by atoms with van der Waals surface area (Å²) in [5.41, 5.74) is 3.11. The maximum Gasteiger partial charge on any atom is 0.270 e. The first kappa shape index (κ1) is 21.8. The van der Waals surface area contributed by atoms with Crippen molar-refractivity contribution in [2.45, 2.75) is 17.3 Å². The van der Waals surface area contributed by atoms with Crippen molar-refractivity contribution in [2.75, 3.05) is 5.32 Å². The predicted molar refractivity (Wildman–Crippen MR) is 124 cm³/mol. The van der Waals surface area contributed by atoms with Crippen molar-refractivity contribution >= 4 is 32.4 Å². The van der Waals surface area contributed by atoms with E-state index < -0.39 is 16.1 Å². The van der Waals surface area contributed by atoms with Crippen LogP contribution in [0.2, 0.25) is 0 Å². The summed E-state index contributed by atoms with van der Waals surface area (Å²) >= 11 is 0.793. The Labute approximate surface area is 190 Å². The first-order chi connectivity index (χ1) is 15.4. The van der Waals surface area contributed by atoms with Crippen molar-refractivity contribution in [1.29, 1.82) is 0 Å². The monoisotopic (exact) mass is 464 g/mol. The average Bonchev–Trinajstić information content (AvgIpc) is 3.29. The molecule has 4 aromatic rings. The zero-order valence-electron chi connectivity index (χ0n) is 17.1. The van der Waals surface area contributed by atoms with Gasteiger partial charge in [0.2, 0.25) is 9.47 Å². The van der Waals surface area contributed by atoms with Gasteiger partial charge in [0.25, 0.3) is 15.9 Å². The molecule has 3 aromatic carbocycles. The number of nitrogens with zero attached hydrogens (tertiary/aromatic N) is 2. The first-order valence-corrected chi connectivity index (χ1v) is 12.1. The number of aryl methyl sites for hydroxylation is 1. The SMILES string of the molecule is Cc1ccc([C@H](NS(=O)(=O)c2nnc(NC(=O)c3ccccc3)s2)c2ccccc2)cc1. The molecule has 1 heterocycles. The number of hydrogen-bond donors (Lipinski definition) is 2. The Morgan fingerprint density at radius 2 is 1.44 bits per heavy atom. The van der Waals surface area contributed by atoms with Gasteiger partial charge in [-0.05, 0) is 30.2 Å². The highest BCUT2D eigenvalue weighted by Crippen LogP contribution is 2.27. The van der Waals surface area contributed by atoms with Gasteiger partial charge in [-0.15, -0.1) is 10.2 Å². The summed E-state index contributed by atoms with van der Waals surface area (Å²) in [6.07, 6.45) is 0. The molecule has 0 aliphatic heterocycles. The van der Waals surface area contributed by atoms with Crippen LogP contribution in [0.1, 0.15) is 33.1 Å². The number of sulfonamides is 1. The highest BCUT2D eigenvalue weighted by atomic mass is 32.2. The predicted octanol–water partition coefficient (Wildman–Crippen LogP) is 4.17. The quantitative estimate of drug-likeness (QED) is 0.400. The molecule has 0 saturated heterocycles. The Bertz CT molecular complexity index is 1310. The molecule has 0 fully saturated rings. The highest BCUT2D eigenvalue weighted by Gasteiger charge is 2.26. The summed E-state index contributed by atoms with van der Waals surface area (Å²) in [6.45, 7) is 1.97. The fraction of sp³-hybridized carbons (Fsp3) is 0.0870. The Morgan fingerprint density at radius 1 is 0.844 bits per heavy atom. The van der Waals surface area contributed by atoms with Crippen LogP contribution in [0.4, 0.5) is 5.13 Å². The summed E-state index contributed by atoms with van der Waals surface area (Å²) in [5, 5.41) is 10.3. The molecular weight excluding hydrogens is 444 g/mol. The third-order valence-corrected chi connectivity index (χ3v) is 7.34. The van der Waals surface area contributed by atoms with Crippen LogP contribution in [0.5, 0.6) is 0 Å². The van der Waals surface area contributed by atoms with Gasteiger partial charge in [0.15, 0.2) is 0 Å². The number of benzene rings is 3. The summed E-state index contributed by atoms with van der Waals surface area (Å²) in [5.74, 6) is -0.388. The minimum Gasteiger partial charge on any atom is -0.296 e. The van der Waals surface area contributed by atoms with Crippen LogP contribution in [0.15, 0.2) is 89.3 Å². The van der Waals surface area contributed by atoms with E-state index in [4.69, 9.17) is 0 Å². The molecule has 0 bridgehead atoms. The molecule has 162 valence electrons. The van der Waals surface area contributed by atoms with E-state index in [0.717, 1.165) is 28.0 Å². The normalized spacial score (nSPS) is 12.3. The molecule has 0 unspecified atom stereocenters. The van der Waals surface area contributed by atoms with Crippen molar-refractivity contribution in [3.05, 3.63) is 107 Å². The van der Waals surface area contributed by atoms with E-state index in [0.29, 0.717) is 5.56 Å². The van der Waals surface area contributed by atoms with Crippen molar-refractivity contribution in [3.8, 4) is 0 Å². The number of rotatable bonds is 7. The molecule has 0 saturated carbocycles. The fourth-order valence-corrected chi connectivity index (χ4v) is 5.19. The van der Waals surface area contributed by atoms with Gasteiger partial charge in [0.1, 0.15) is 0 Å². The lowest BCUT2D eigenvalue weighted by Gasteiger charge is -2.19. The molecule has 0 aliphatic carbocycles. The summed E-state index contributed by atoms with van der Waals surface area (Å²) in [7, 11) is -4.00. The molecular formula is C23H20N4O3S2. The molecule has 9 heteroatoms. The Balaban J connectivity index is 1.58. The zero-order valence-corrected chi connectivity index (χ0v) is 18.7. The zero-order chi connectivity index (χ0) is 22.6. The van der Waals surface area contributed by atoms with E-state index >= 15 is 0 Å². The molecule has 1 amide bonds. The number of nitrogens with one attached hydrogen (secondary N) is 2. The Morgan fingerprint density at radius 3 is 2.09 bits per heavy atom. The fourth-order valence-electron chi connectivity index (χ4n) is 3.07. The molecule has 0 spiro atoms. The molecule has 1 aromatic heterocycles. The third kappa shape index (κ3) is 5.08.